The Labute approximate surface area is 120 Å². The van der Waals surface area contributed by atoms with Crippen LogP contribution >= 0.6 is 11.3 Å². The summed E-state index contributed by atoms with van der Waals surface area (Å²) in [4.78, 5) is 15.6. The third-order valence-electron chi connectivity index (χ3n) is 2.93. The lowest BCUT2D eigenvalue weighted by molar-refractivity contribution is 0.0595. The molecule has 0 aliphatic rings. The molecule has 1 heterocycles. The van der Waals surface area contributed by atoms with Crippen molar-refractivity contribution >= 4 is 38.9 Å². The lowest BCUT2D eigenvalue weighted by Gasteiger charge is -2.06. The van der Waals surface area contributed by atoms with E-state index >= 15 is 0 Å². The van der Waals surface area contributed by atoms with Crippen molar-refractivity contribution in [1.29, 1.82) is 0 Å². The van der Waals surface area contributed by atoms with Crippen molar-refractivity contribution in [3.8, 4) is 0 Å². The lowest BCUT2D eigenvalue weighted by Crippen LogP contribution is -2.01. The van der Waals surface area contributed by atoms with E-state index in [1.54, 1.807) is 5.38 Å². The molecule has 0 atom stereocenters. The minimum absolute atomic E-state index is 0.320. The minimum atomic E-state index is -0.424. The van der Waals surface area contributed by atoms with Gasteiger partial charge in [-0.15, -0.1) is 11.3 Å². The van der Waals surface area contributed by atoms with E-state index in [2.05, 4.69) is 27.2 Å². The second-order valence-electron chi connectivity index (χ2n) is 4.18. The van der Waals surface area contributed by atoms with Crippen LogP contribution in [-0.2, 0) is 4.74 Å². The van der Waals surface area contributed by atoms with Gasteiger partial charge in [0.25, 0.3) is 0 Å². The average molecular weight is 284 g/mol. The number of fused-ring (bicyclic) bond motifs is 1. The van der Waals surface area contributed by atoms with E-state index in [1.807, 2.05) is 30.3 Å². The Bertz CT molecular complexity index is 762. The van der Waals surface area contributed by atoms with E-state index in [0.717, 1.165) is 16.5 Å². The summed E-state index contributed by atoms with van der Waals surface area (Å²) in [5.41, 5.74) is 1.29. The second kappa shape index (κ2) is 5.30. The van der Waals surface area contributed by atoms with Crippen molar-refractivity contribution in [3.05, 3.63) is 53.5 Å². The number of methoxy groups -OCH3 is 1. The predicted octanol–water partition coefficient (Wildman–Crippen LogP) is 3.83. The molecule has 20 heavy (non-hydrogen) atoms. The van der Waals surface area contributed by atoms with E-state index in [1.165, 1.54) is 18.4 Å². The van der Waals surface area contributed by atoms with Gasteiger partial charge in [-0.25, -0.2) is 9.78 Å². The summed E-state index contributed by atoms with van der Waals surface area (Å²) in [6.07, 6.45) is 0. The highest BCUT2D eigenvalue weighted by Crippen LogP contribution is 2.27. The van der Waals surface area contributed by atoms with Crippen molar-refractivity contribution in [1.82, 2.24) is 4.98 Å². The first-order chi connectivity index (χ1) is 9.78. The van der Waals surface area contributed by atoms with Gasteiger partial charge in [0.05, 0.1) is 7.11 Å². The molecule has 2 aromatic carbocycles. The van der Waals surface area contributed by atoms with Crippen LogP contribution in [0.25, 0.3) is 10.8 Å². The fourth-order valence-corrected chi connectivity index (χ4v) is 2.67. The van der Waals surface area contributed by atoms with Crippen molar-refractivity contribution in [3.63, 3.8) is 0 Å². The molecule has 3 rings (SSSR count). The maximum atomic E-state index is 11.4. The van der Waals surface area contributed by atoms with Crippen LogP contribution in [0.15, 0.2) is 47.8 Å². The SMILES string of the molecule is COC(=O)c1csc(Nc2cccc3ccccc23)n1. The van der Waals surface area contributed by atoms with Gasteiger partial charge in [0, 0.05) is 16.5 Å². The summed E-state index contributed by atoms with van der Waals surface area (Å²) in [6, 6.07) is 14.1. The van der Waals surface area contributed by atoms with Crippen LogP contribution in [0.1, 0.15) is 10.5 Å². The number of rotatable bonds is 3. The van der Waals surface area contributed by atoms with Gasteiger partial charge in [-0.2, -0.15) is 0 Å². The third kappa shape index (κ3) is 2.35. The standard InChI is InChI=1S/C15H12N2O2S/c1-19-14(18)13-9-20-15(17-13)16-12-8-4-6-10-5-2-3-7-11(10)12/h2-9H,1H3,(H,16,17). The first-order valence-corrected chi connectivity index (χ1v) is 6.94. The van der Waals surface area contributed by atoms with Gasteiger partial charge < -0.3 is 10.1 Å². The third-order valence-corrected chi connectivity index (χ3v) is 3.69. The number of hydrogen-bond acceptors (Lipinski definition) is 5. The summed E-state index contributed by atoms with van der Waals surface area (Å²) >= 11 is 1.37. The molecule has 0 unspecified atom stereocenters. The molecular formula is C15H12N2O2S. The van der Waals surface area contributed by atoms with E-state index in [0.29, 0.717) is 10.8 Å². The zero-order valence-corrected chi connectivity index (χ0v) is 11.6. The van der Waals surface area contributed by atoms with Gasteiger partial charge in [-0.3, -0.25) is 0 Å². The average Bonchev–Trinajstić information content (AvgIpc) is 2.95. The summed E-state index contributed by atoms with van der Waals surface area (Å²) < 4.78 is 4.65. The quantitative estimate of drug-likeness (QED) is 0.743. The number of aromatic nitrogens is 1. The number of carbonyl (C=O) groups excluding carboxylic acids is 1. The fraction of sp³-hybridized carbons (Fsp3) is 0.0667. The number of nitrogens with one attached hydrogen (secondary N) is 1. The Morgan fingerprint density at radius 3 is 2.85 bits per heavy atom. The summed E-state index contributed by atoms with van der Waals surface area (Å²) in [5.74, 6) is -0.424. The zero-order chi connectivity index (χ0) is 13.9. The normalized spacial score (nSPS) is 10.4. The smallest absolute Gasteiger partial charge is 0.357 e. The molecule has 3 aromatic rings. The number of anilines is 2. The van der Waals surface area contributed by atoms with Crippen LogP contribution in [0, 0.1) is 0 Å². The molecule has 0 fully saturated rings. The maximum Gasteiger partial charge on any atom is 0.357 e. The van der Waals surface area contributed by atoms with Crippen LogP contribution in [0.4, 0.5) is 10.8 Å². The number of thiazole rings is 1. The maximum absolute atomic E-state index is 11.4. The predicted molar refractivity (Wildman–Crippen MR) is 80.7 cm³/mol. The molecule has 1 aromatic heterocycles. The molecule has 5 heteroatoms. The molecule has 100 valence electrons. The second-order valence-corrected chi connectivity index (χ2v) is 5.04. The Balaban J connectivity index is 1.93. The number of esters is 1. The largest absolute Gasteiger partial charge is 0.464 e. The Hall–Kier alpha value is -2.40. The molecule has 0 bridgehead atoms. The van der Waals surface area contributed by atoms with E-state index in [4.69, 9.17) is 0 Å². The molecule has 0 aliphatic heterocycles. The fourth-order valence-electron chi connectivity index (χ4n) is 1.98. The highest BCUT2D eigenvalue weighted by molar-refractivity contribution is 7.14. The van der Waals surface area contributed by atoms with Gasteiger partial charge in [0.15, 0.2) is 10.8 Å². The van der Waals surface area contributed by atoms with Crippen LogP contribution in [0.2, 0.25) is 0 Å². The van der Waals surface area contributed by atoms with Crippen LogP contribution in [0.5, 0.6) is 0 Å². The van der Waals surface area contributed by atoms with E-state index in [9.17, 15) is 4.79 Å². The monoisotopic (exact) mass is 284 g/mol. The van der Waals surface area contributed by atoms with Gasteiger partial charge >= 0.3 is 5.97 Å². The number of hydrogen-bond donors (Lipinski definition) is 1. The molecule has 0 spiro atoms. The van der Waals surface area contributed by atoms with Gasteiger partial charge in [-0.05, 0) is 11.5 Å². The lowest BCUT2D eigenvalue weighted by atomic mass is 10.1. The Kier molecular flexibility index (Phi) is 3.35. The van der Waals surface area contributed by atoms with E-state index < -0.39 is 5.97 Å². The first kappa shape index (κ1) is 12.6. The van der Waals surface area contributed by atoms with Gasteiger partial charge in [-0.1, -0.05) is 36.4 Å². The highest BCUT2D eigenvalue weighted by atomic mass is 32.1. The van der Waals surface area contributed by atoms with Crippen molar-refractivity contribution in [2.45, 2.75) is 0 Å². The minimum Gasteiger partial charge on any atom is -0.464 e. The van der Waals surface area contributed by atoms with Gasteiger partial charge in [0.1, 0.15) is 0 Å². The Morgan fingerprint density at radius 1 is 1.20 bits per heavy atom. The molecule has 4 nitrogen and oxygen atoms in total. The van der Waals surface area contributed by atoms with Gasteiger partial charge in [0.2, 0.25) is 0 Å². The van der Waals surface area contributed by atoms with E-state index in [-0.39, 0.29) is 0 Å². The van der Waals surface area contributed by atoms with Crippen LogP contribution < -0.4 is 5.32 Å². The molecule has 0 saturated carbocycles. The van der Waals surface area contributed by atoms with Crippen LogP contribution in [-0.4, -0.2) is 18.1 Å². The molecule has 0 amide bonds. The van der Waals surface area contributed by atoms with Crippen molar-refractivity contribution in [2.24, 2.45) is 0 Å². The summed E-state index contributed by atoms with van der Waals surface area (Å²) in [6.45, 7) is 0. The first-order valence-electron chi connectivity index (χ1n) is 6.06. The molecular weight excluding hydrogens is 272 g/mol. The number of ether oxygens (including phenoxy) is 1. The molecule has 0 radical (unpaired) electrons. The number of nitrogens with zero attached hydrogens (tertiary/aromatic N) is 1. The molecule has 1 N–H and O–H groups in total. The zero-order valence-electron chi connectivity index (χ0n) is 10.8. The molecule has 0 saturated heterocycles. The Morgan fingerprint density at radius 2 is 2.00 bits per heavy atom. The van der Waals surface area contributed by atoms with Crippen molar-refractivity contribution in [2.75, 3.05) is 12.4 Å². The highest BCUT2D eigenvalue weighted by Gasteiger charge is 2.11. The summed E-state index contributed by atoms with van der Waals surface area (Å²) in [7, 11) is 1.35. The number of benzene rings is 2. The topological polar surface area (TPSA) is 51.2 Å². The number of carbonyl (C=O) groups is 1. The van der Waals surface area contributed by atoms with Crippen molar-refractivity contribution < 1.29 is 9.53 Å². The van der Waals surface area contributed by atoms with Crippen LogP contribution in [0.3, 0.4) is 0 Å². The summed E-state index contributed by atoms with van der Waals surface area (Å²) in [5, 5.41) is 7.86. The molecule has 0 aliphatic carbocycles.